The Bertz CT molecular complexity index is 1110. The van der Waals surface area contributed by atoms with Gasteiger partial charge in [-0.3, -0.25) is 13.9 Å². The van der Waals surface area contributed by atoms with Gasteiger partial charge in [0.05, 0.1) is 11.4 Å². The number of rotatable bonds is 6. The molecule has 2 aromatic carbocycles. The number of benzene rings is 2. The lowest BCUT2D eigenvalue weighted by atomic mass is 10.1. The van der Waals surface area contributed by atoms with Crippen molar-refractivity contribution in [1.29, 1.82) is 0 Å². The molecule has 33 heavy (non-hydrogen) atoms. The number of carbonyl (C=O) groups is 1. The molecule has 0 atom stereocenters. The van der Waals surface area contributed by atoms with Crippen molar-refractivity contribution in [2.75, 3.05) is 32.7 Å². The van der Waals surface area contributed by atoms with Crippen LogP contribution in [0.1, 0.15) is 36.3 Å². The van der Waals surface area contributed by atoms with Crippen LogP contribution in [0, 0.1) is 6.92 Å². The van der Waals surface area contributed by atoms with E-state index in [4.69, 9.17) is 5.73 Å². The minimum absolute atomic E-state index is 0.109. The van der Waals surface area contributed by atoms with Crippen LogP contribution in [-0.4, -0.2) is 52.7 Å². The van der Waals surface area contributed by atoms with E-state index in [9.17, 15) is 9.59 Å². The summed E-state index contributed by atoms with van der Waals surface area (Å²) in [7, 11) is 0. The Morgan fingerprint density at radius 1 is 1.00 bits per heavy atom. The molecule has 0 saturated carbocycles. The second-order valence-electron chi connectivity index (χ2n) is 7.80. The fraction of sp³-hybridized carbons (Fsp3) is 0.385. The molecule has 1 aliphatic rings. The van der Waals surface area contributed by atoms with E-state index in [1.165, 1.54) is 0 Å². The molecule has 3 aromatic rings. The number of nitrogens with one attached hydrogen (secondary N) is 1. The molecule has 7 heteroatoms. The van der Waals surface area contributed by atoms with Crippen molar-refractivity contribution in [2.24, 2.45) is 5.73 Å². The van der Waals surface area contributed by atoms with E-state index >= 15 is 0 Å². The van der Waals surface area contributed by atoms with Gasteiger partial charge in [-0.1, -0.05) is 62.4 Å². The first-order chi connectivity index (χ1) is 16.1. The minimum Gasteiger partial charge on any atom is -0.335 e. The van der Waals surface area contributed by atoms with Gasteiger partial charge in [0.2, 0.25) is 0 Å². The van der Waals surface area contributed by atoms with Crippen molar-refractivity contribution in [3.63, 3.8) is 0 Å². The Kier molecular flexibility index (Phi) is 8.63. The molecule has 0 spiro atoms. The maximum atomic E-state index is 13.8. The maximum Gasteiger partial charge on any atom is 0.333 e. The smallest absolute Gasteiger partial charge is 0.333 e. The molecule has 2 heterocycles. The monoisotopic (exact) mass is 449 g/mol. The number of amides is 1. The Balaban J connectivity index is 0.00000149. The van der Waals surface area contributed by atoms with Crippen molar-refractivity contribution in [3.8, 4) is 16.9 Å². The number of nitrogens with two attached hydrogens (primary N) is 1. The molecule has 1 aromatic heterocycles. The van der Waals surface area contributed by atoms with Gasteiger partial charge in [0.1, 0.15) is 5.69 Å². The van der Waals surface area contributed by atoms with E-state index in [0.717, 1.165) is 29.9 Å². The lowest BCUT2D eigenvalue weighted by molar-refractivity contribution is 0.0725. The molecule has 176 valence electrons. The van der Waals surface area contributed by atoms with Crippen molar-refractivity contribution < 1.29 is 4.79 Å². The van der Waals surface area contributed by atoms with E-state index in [1.807, 2.05) is 80.3 Å². The molecule has 1 saturated heterocycles. The van der Waals surface area contributed by atoms with Gasteiger partial charge in [0, 0.05) is 38.3 Å². The van der Waals surface area contributed by atoms with Crippen LogP contribution in [0.25, 0.3) is 16.9 Å². The zero-order valence-corrected chi connectivity index (χ0v) is 19.9. The summed E-state index contributed by atoms with van der Waals surface area (Å²) in [6.07, 6.45) is 0.619. The van der Waals surface area contributed by atoms with E-state index in [2.05, 4.69) is 5.32 Å². The largest absolute Gasteiger partial charge is 0.335 e. The van der Waals surface area contributed by atoms with Crippen molar-refractivity contribution in [3.05, 3.63) is 76.3 Å². The predicted octanol–water partition coefficient (Wildman–Crippen LogP) is 3.03. The zero-order chi connectivity index (χ0) is 23.8. The van der Waals surface area contributed by atoms with Gasteiger partial charge >= 0.3 is 5.69 Å². The molecule has 0 bridgehead atoms. The minimum atomic E-state index is -0.208. The fourth-order valence-corrected chi connectivity index (χ4v) is 4.14. The Morgan fingerprint density at radius 3 is 2.27 bits per heavy atom. The third-order valence-electron chi connectivity index (χ3n) is 5.74. The number of carbonyl (C=O) groups excluding carboxylic acids is 1. The molecule has 0 unspecified atom stereocenters. The van der Waals surface area contributed by atoms with Gasteiger partial charge in [-0.2, -0.15) is 0 Å². The van der Waals surface area contributed by atoms with Gasteiger partial charge in [0.25, 0.3) is 5.91 Å². The quantitative estimate of drug-likeness (QED) is 0.606. The van der Waals surface area contributed by atoms with Crippen LogP contribution in [0.5, 0.6) is 0 Å². The number of hydrogen-bond acceptors (Lipinski definition) is 4. The topological polar surface area (TPSA) is 85.3 Å². The SMILES string of the molecule is CC.Cc1ccccc1-n1c(-c2ccccc2)c(C(=O)N2CCNCC2)n(CCCN)c1=O. The molecule has 1 aliphatic heterocycles. The third kappa shape index (κ3) is 5.10. The average Bonchev–Trinajstić information content (AvgIpc) is 3.16. The summed E-state index contributed by atoms with van der Waals surface area (Å²) >= 11 is 0. The van der Waals surface area contributed by atoms with Gasteiger partial charge in [-0.25, -0.2) is 4.79 Å². The maximum absolute atomic E-state index is 13.8. The number of hydrogen-bond donors (Lipinski definition) is 2. The summed E-state index contributed by atoms with van der Waals surface area (Å²) in [5.41, 5.74) is 9.23. The first-order valence-electron chi connectivity index (χ1n) is 11.8. The van der Waals surface area contributed by atoms with E-state index in [0.29, 0.717) is 44.0 Å². The second-order valence-corrected chi connectivity index (χ2v) is 7.80. The molecule has 1 fully saturated rings. The average molecular weight is 450 g/mol. The highest BCUT2D eigenvalue weighted by Gasteiger charge is 2.30. The third-order valence-corrected chi connectivity index (χ3v) is 5.74. The van der Waals surface area contributed by atoms with Crippen molar-refractivity contribution in [2.45, 2.75) is 33.7 Å². The van der Waals surface area contributed by atoms with E-state index < -0.39 is 0 Å². The highest BCUT2D eigenvalue weighted by molar-refractivity contribution is 5.99. The summed E-state index contributed by atoms with van der Waals surface area (Å²) in [5, 5.41) is 3.28. The van der Waals surface area contributed by atoms with Crippen LogP contribution in [0.15, 0.2) is 59.4 Å². The van der Waals surface area contributed by atoms with Gasteiger partial charge in [-0.05, 0) is 31.5 Å². The molecule has 0 aliphatic carbocycles. The van der Waals surface area contributed by atoms with E-state index in [1.54, 1.807) is 9.13 Å². The van der Waals surface area contributed by atoms with Crippen molar-refractivity contribution >= 4 is 5.91 Å². The highest BCUT2D eigenvalue weighted by Crippen LogP contribution is 2.28. The molecule has 4 rings (SSSR count). The lowest BCUT2D eigenvalue weighted by Gasteiger charge is -2.28. The standard InChI is InChI=1S/C24H29N5O2.C2H6/c1-18-8-5-6-11-20(18)29-21(19-9-3-2-4-10-19)22(28(24(29)31)15-7-12-25)23(30)27-16-13-26-14-17-27;1-2/h2-6,8-11,26H,7,12-17,25H2,1H3;1-2H3. The Labute approximate surface area is 195 Å². The first kappa shape index (κ1) is 24.5. The Morgan fingerprint density at radius 2 is 1.64 bits per heavy atom. The molecular weight excluding hydrogens is 414 g/mol. The molecule has 1 amide bonds. The summed E-state index contributed by atoms with van der Waals surface area (Å²) in [6.45, 7) is 9.56. The predicted molar refractivity (Wildman–Crippen MR) is 134 cm³/mol. The number of aryl methyl sites for hydroxylation is 1. The molecule has 3 N–H and O–H groups in total. The van der Waals surface area contributed by atoms with Crippen molar-refractivity contribution in [1.82, 2.24) is 19.4 Å². The second kappa shape index (κ2) is 11.6. The highest BCUT2D eigenvalue weighted by atomic mass is 16.2. The van der Waals surface area contributed by atoms with Crippen LogP contribution in [0.2, 0.25) is 0 Å². The van der Waals surface area contributed by atoms with Gasteiger partial charge in [0.15, 0.2) is 0 Å². The van der Waals surface area contributed by atoms with Gasteiger partial charge < -0.3 is 16.0 Å². The lowest BCUT2D eigenvalue weighted by Crippen LogP contribution is -2.47. The normalized spacial score (nSPS) is 13.4. The number of imidazole rings is 1. The van der Waals surface area contributed by atoms with Crippen LogP contribution >= 0.6 is 0 Å². The zero-order valence-electron chi connectivity index (χ0n) is 19.9. The molecular formula is C26H35N5O2. The number of nitrogens with zero attached hydrogens (tertiary/aromatic N) is 3. The van der Waals surface area contributed by atoms with Crippen LogP contribution in [-0.2, 0) is 6.54 Å². The summed E-state index contributed by atoms with van der Waals surface area (Å²) in [4.78, 5) is 29.3. The number of para-hydroxylation sites is 1. The molecule has 0 radical (unpaired) electrons. The number of piperazine rings is 1. The Hall–Kier alpha value is -3.16. The fourth-order valence-electron chi connectivity index (χ4n) is 4.14. The van der Waals surface area contributed by atoms with Crippen LogP contribution in [0.4, 0.5) is 0 Å². The first-order valence-corrected chi connectivity index (χ1v) is 11.8. The van der Waals surface area contributed by atoms with Crippen LogP contribution in [0.3, 0.4) is 0 Å². The number of aromatic nitrogens is 2. The summed E-state index contributed by atoms with van der Waals surface area (Å²) in [6, 6.07) is 17.5. The summed E-state index contributed by atoms with van der Waals surface area (Å²) < 4.78 is 3.31. The summed E-state index contributed by atoms with van der Waals surface area (Å²) in [5.74, 6) is -0.109. The van der Waals surface area contributed by atoms with Crippen LogP contribution < -0.4 is 16.7 Å². The molecule has 7 nitrogen and oxygen atoms in total. The van der Waals surface area contributed by atoms with Gasteiger partial charge in [-0.15, -0.1) is 0 Å². The van der Waals surface area contributed by atoms with E-state index in [-0.39, 0.29) is 11.6 Å².